The van der Waals surface area contributed by atoms with Crippen molar-refractivity contribution in [2.24, 2.45) is 0 Å². The summed E-state index contributed by atoms with van der Waals surface area (Å²) in [6, 6.07) is 0. The molecule has 10 heavy (non-hydrogen) atoms. The molecule has 0 heterocycles. The van der Waals surface area contributed by atoms with Crippen molar-refractivity contribution >= 4 is 0 Å². The third-order valence-corrected chi connectivity index (χ3v) is 1.88. The minimum atomic E-state index is 1.12. The van der Waals surface area contributed by atoms with Crippen LogP contribution in [-0.2, 0) is 0 Å². The number of nitrogens with zero attached hydrogens (tertiary/aromatic N) is 1. The summed E-state index contributed by atoms with van der Waals surface area (Å²) in [6.45, 7) is 6.62. The van der Waals surface area contributed by atoms with E-state index in [0.717, 1.165) is 19.5 Å². The van der Waals surface area contributed by atoms with Gasteiger partial charge in [0.2, 0.25) is 0 Å². The minimum absolute atomic E-state index is 1.12. The van der Waals surface area contributed by atoms with Gasteiger partial charge in [-0.25, -0.2) is 0 Å². The molecule has 1 heteroatoms. The van der Waals surface area contributed by atoms with Gasteiger partial charge in [0.05, 0.1) is 0 Å². The van der Waals surface area contributed by atoms with Crippen LogP contribution in [0.3, 0.4) is 0 Å². The fourth-order valence-corrected chi connectivity index (χ4v) is 1.27. The molecule has 0 aliphatic heterocycles. The van der Waals surface area contributed by atoms with Crippen molar-refractivity contribution in [3.05, 3.63) is 23.9 Å². The average Bonchev–Trinajstić information content (AvgIpc) is 2.43. The SMILES string of the molecule is CCN(CC)C1=CCC=C1. The third-order valence-electron chi connectivity index (χ3n) is 1.88. The monoisotopic (exact) mass is 137 g/mol. The maximum absolute atomic E-state index is 2.36. The van der Waals surface area contributed by atoms with Crippen LogP contribution in [-0.4, -0.2) is 18.0 Å². The second kappa shape index (κ2) is 3.45. The zero-order valence-corrected chi connectivity index (χ0v) is 6.80. The van der Waals surface area contributed by atoms with Gasteiger partial charge in [-0.15, -0.1) is 0 Å². The van der Waals surface area contributed by atoms with Crippen molar-refractivity contribution in [2.75, 3.05) is 13.1 Å². The van der Waals surface area contributed by atoms with Gasteiger partial charge in [-0.2, -0.15) is 0 Å². The Kier molecular flexibility index (Phi) is 2.55. The first kappa shape index (κ1) is 7.39. The molecule has 0 spiro atoms. The Labute approximate surface area is 63.0 Å². The molecule has 0 radical (unpaired) electrons. The van der Waals surface area contributed by atoms with Gasteiger partial charge in [0.15, 0.2) is 0 Å². The minimum Gasteiger partial charge on any atom is -0.372 e. The quantitative estimate of drug-likeness (QED) is 0.576. The van der Waals surface area contributed by atoms with E-state index < -0.39 is 0 Å². The van der Waals surface area contributed by atoms with Crippen LogP contribution in [0.2, 0.25) is 0 Å². The molecule has 0 fully saturated rings. The van der Waals surface area contributed by atoms with E-state index in [1.807, 2.05) is 0 Å². The molecule has 0 amide bonds. The number of allylic oxidation sites excluding steroid dienone is 3. The highest BCUT2D eigenvalue weighted by Gasteiger charge is 2.03. The normalized spacial score (nSPS) is 15.6. The van der Waals surface area contributed by atoms with E-state index in [4.69, 9.17) is 0 Å². The van der Waals surface area contributed by atoms with Gasteiger partial charge in [0.25, 0.3) is 0 Å². The van der Waals surface area contributed by atoms with Crippen LogP contribution < -0.4 is 0 Å². The molecule has 0 aromatic heterocycles. The summed E-state index contributed by atoms with van der Waals surface area (Å²) in [7, 11) is 0. The Bertz CT molecular complexity index is 152. The number of rotatable bonds is 3. The summed E-state index contributed by atoms with van der Waals surface area (Å²) in [4.78, 5) is 2.36. The predicted molar refractivity (Wildman–Crippen MR) is 44.8 cm³/mol. The van der Waals surface area contributed by atoms with E-state index in [2.05, 4.69) is 37.0 Å². The lowest BCUT2D eigenvalue weighted by atomic mass is 10.4. The maximum Gasteiger partial charge on any atom is 0.0325 e. The van der Waals surface area contributed by atoms with Gasteiger partial charge in [0.1, 0.15) is 0 Å². The van der Waals surface area contributed by atoms with Crippen LogP contribution in [0.15, 0.2) is 23.9 Å². The molecule has 1 nitrogen and oxygen atoms in total. The second-order valence-electron chi connectivity index (χ2n) is 2.44. The summed E-state index contributed by atoms with van der Waals surface area (Å²) in [5, 5.41) is 0. The molecule has 0 saturated carbocycles. The molecular formula is C9H15N. The number of likely N-dealkylation sites (N-methyl/N-ethyl adjacent to an activating group) is 1. The first-order chi connectivity index (χ1) is 4.88. The van der Waals surface area contributed by atoms with E-state index in [1.165, 1.54) is 5.70 Å². The lowest BCUT2D eigenvalue weighted by Gasteiger charge is -2.20. The maximum atomic E-state index is 2.36. The van der Waals surface area contributed by atoms with Crippen molar-refractivity contribution in [3.63, 3.8) is 0 Å². The highest BCUT2D eigenvalue weighted by atomic mass is 15.1. The van der Waals surface area contributed by atoms with Crippen molar-refractivity contribution in [1.82, 2.24) is 4.90 Å². The van der Waals surface area contributed by atoms with Gasteiger partial charge >= 0.3 is 0 Å². The van der Waals surface area contributed by atoms with Gasteiger partial charge in [-0.1, -0.05) is 12.2 Å². The van der Waals surface area contributed by atoms with Gasteiger partial charge in [0, 0.05) is 18.8 Å². The average molecular weight is 137 g/mol. The highest BCUT2D eigenvalue weighted by Crippen LogP contribution is 2.12. The molecule has 0 aromatic carbocycles. The molecule has 0 atom stereocenters. The standard InChI is InChI=1S/C9H15N/c1-3-10(4-2)9-7-5-6-8-9/h5,7-8H,3-4,6H2,1-2H3. The van der Waals surface area contributed by atoms with Crippen molar-refractivity contribution < 1.29 is 0 Å². The fourth-order valence-electron chi connectivity index (χ4n) is 1.27. The van der Waals surface area contributed by atoms with Gasteiger partial charge < -0.3 is 4.90 Å². The smallest absolute Gasteiger partial charge is 0.0325 e. The molecule has 56 valence electrons. The lowest BCUT2D eigenvalue weighted by molar-refractivity contribution is 0.395. The van der Waals surface area contributed by atoms with Gasteiger partial charge in [-0.05, 0) is 26.3 Å². The van der Waals surface area contributed by atoms with E-state index in [-0.39, 0.29) is 0 Å². The van der Waals surface area contributed by atoms with E-state index in [1.54, 1.807) is 0 Å². The Morgan fingerprint density at radius 3 is 2.50 bits per heavy atom. The molecule has 0 aromatic rings. The Morgan fingerprint density at radius 2 is 2.10 bits per heavy atom. The third kappa shape index (κ3) is 1.41. The second-order valence-corrected chi connectivity index (χ2v) is 2.44. The van der Waals surface area contributed by atoms with Crippen molar-refractivity contribution in [2.45, 2.75) is 20.3 Å². The van der Waals surface area contributed by atoms with Crippen molar-refractivity contribution in [1.29, 1.82) is 0 Å². The zero-order valence-electron chi connectivity index (χ0n) is 6.80. The lowest BCUT2D eigenvalue weighted by Crippen LogP contribution is -2.20. The van der Waals surface area contributed by atoms with Crippen molar-refractivity contribution in [3.8, 4) is 0 Å². The highest BCUT2D eigenvalue weighted by molar-refractivity contribution is 5.24. The number of hydrogen-bond acceptors (Lipinski definition) is 1. The molecule has 0 bridgehead atoms. The Morgan fingerprint density at radius 1 is 1.40 bits per heavy atom. The summed E-state index contributed by atoms with van der Waals surface area (Å²) in [5.41, 5.74) is 1.39. The molecule has 0 N–H and O–H groups in total. The number of hydrogen-bond donors (Lipinski definition) is 0. The molecule has 1 aliphatic rings. The van der Waals surface area contributed by atoms with Crippen LogP contribution in [0.5, 0.6) is 0 Å². The largest absolute Gasteiger partial charge is 0.372 e. The first-order valence-corrected chi connectivity index (χ1v) is 4.00. The van der Waals surface area contributed by atoms with Crippen LogP contribution in [0.1, 0.15) is 20.3 Å². The van der Waals surface area contributed by atoms with Crippen LogP contribution in [0, 0.1) is 0 Å². The zero-order chi connectivity index (χ0) is 7.40. The molecule has 0 saturated heterocycles. The van der Waals surface area contributed by atoms with Crippen LogP contribution in [0.4, 0.5) is 0 Å². The molecule has 1 rings (SSSR count). The van der Waals surface area contributed by atoms with Crippen LogP contribution >= 0.6 is 0 Å². The molecule has 0 unspecified atom stereocenters. The Balaban J connectivity index is 2.52. The van der Waals surface area contributed by atoms with Gasteiger partial charge in [-0.3, -0.25) is 0 Å². The van der Waals surface area contributed by atoms with E-state index in [0.29, 0.717) is 0 Å². The summed E-state index contributed by atoms with van der Waals surface area (Å²) in [6.07, 6.45) is 7.79. The molecular weight excluding hydrogens is 122 g/mol. The molecule has 1 aliphatic carbocycles. The summed E-state index contributed by atoms with van der Waals surface area (Å²) >= 11 is 0. The van der Waals surface area contributed by atoms with E-state index in [9.17, 15) is 0 Å². The van der Waals surface area contributed by atoms with Crippen LogP contribution in [0.25, 0.3) is 0 Å². The fraction of sp³-hybridized carbons (Fsp3) is 0.556. The summed E-state index contributed by atoms with van der Waals surface area (Å²) < 4.78 is 0. The van der Waals surface area contributed by atoms with E-state index >= 15 is 0 Å². The first-order valence-electron chi connectivity index (χ1n) is 4.00. The Hall–Kier alpha value is -0.720. The summed E-state index contributed by atoms with van der Waals surface area (Å²) in [5.74, 6) is 0. The topological polar surface area (TPSA) is 3.24 Å². The predicted octanol–water partition coefficient (Wildman–Crippen LogP) is 2.17.